The summed E-state index contributed by atoms with van der Waals surface area (Å²) >= 11 is 9.07. The Kier molecular flexibility index (Phi) is 3.51. The number of alkyl halides is 1. The number of ether oxygens (including phenoxy) is 1. The van der Waals surface area contributed by atoms with Crippen LogP contribution in [0.15, 0.2) is 33.3 Å². The number of nitrogens with zero attached hydrogens (tertiary/aromatic N) is 1. The molecule has 84 valence electrons. The van der Waals surface area contributed by atoms with Crippen LogP contribution in [0.1, 0.15) is 5.69 Å². The minimum Gasteiger partial charge on any atom is -0.496 e. The smallest absolute Gasteiger partial charge is 0.167 e. The van der Waals surface area contributed by atoms with E-state index >= 15 is 0 Å². The Morgan fingerprint density at radius 1 is 1.44 bits per heavy atom. The van der Waals surface area contributed by atoms with Gasteiger partial charge < -0.3 is 9.26 Å². The summed E-state index contributed by atoms with van der Waals surface area (Å²) < 4.78 is 11.2. The Bertz CT molecular complexity index is 498. The van der Waals surface area contributed by atoms with Crippen molar-refractivity contribution in [3.63, 3.8) is 0 Å². The molecule has 0 aliphatic heterocycles. The maximum atomic E-state index is 5.65. The minimum absolute atomic E-state index is 0.348. The molecule has 2 rings (SSSR count). The lowest BCUT2D eigenvalue weighted by atomic mass is 10.1. The Hall–Kier alpha value is -1.00. The number of halogens is 2. The largest absolute Gasteiger partial charge is 0.496 e. The van der Waals surface area contributed by atoms with Crippen LogP contribution in [0.5, 0.6) is 5.75 Å². The van der Waals surface area contributed by atoms with Crippen LogP contribution >= 0.6 is 27.5 Å². The highest BCUT2D eigenvalue weighted by atomic mass is 79.9. The first-order valence-electron chi connectivity index (χ1n) is 4.60. The number of hydrogen-bond acceptors (Lipinski definition) is 3. The summed E-state index contributed by atoms with van der Waals surface area (Å²) in [5, 5.41) is 3.83. The van der Waals surface area contributed by atoms with Gasteiger partial charge in [0.25, 0.3) is 0 Å². The molecule has 0 spiro atoms. The normalized spacial score (nSPS) is 10.4. The molecule has 0 N–H and O–H groups in total. The van der Waals surface area contributed by atoms with E-state index in [4.69, 9.17) is 20.9 Å². The van der Waals surface area contributed by atoms with E-state index in [1.54, 1.807) is 7.11 Å². The van der Waals surface area contributed by atoms with Gasteiger partial charge in [0, 0.05) is 11.6 Å². The molecule has 1 aromatic heterocycles. The molecule has 3 nitrogen and oxygen atoms in total. The fraction of sp³-hybridized carbons (Fsp3) is 0.182. The van der Waals surface area contributed by atoms with Gasteiger partial charge in [0.2, 0.25) is 0 Å². The number of rotatable bonds is 3. The Morgan fingerprint density at radius 2 is 2.25 bits per heavy atom. The predicted molar refractivity (Wildman–Crippen MR) is 65.7 cm³/mol. The second-order valence-corrected chi connectivity index (χ2v) is 4.29. The van der Waals surface area contributed by atoms with Crippen molar-refractivity contribution in [2.75, 3.05) is 7.11 Å². The van der Waals surface area contributed by atoms with Crippen molar-refractivity contribution in [2.24, 2.45) is 0 Å². The zero-order valence-corrected chi connectivity index (χ0v) is 10.9. The van der Waals surface area contributed by atoms with Crippen LogP contribution < -0.4 is 4.74 Å². The third-order valence-corrected chi connectivity index (χ3v) is 3.03. The van der Waals surface area contributed by atoms with Crippen molar-refractivity contribution in [3.8, 4) is 17.1 Å². The fourth-order valence-electron chi connectivity index (χ4n) is 1.33. The monoisotopic (exact) mass is 301 g/mol. The van der Waals surface area contributed by atoms with Crippen molar-refractivity contribution in [1.82, 2.24) is 5.16 Å². The van der Waals surface area contributed by atoms with Crippen LogP contribution in [0.3, 0.4) is 0 Å². The number of methoxy groups -OCH3 is 1. The maximum absolute atomic E-state index is 5.65. The molecule has 0 bridgehead atoms. The van der Waals surface area contributed by atoms with Gasteiger partial charge in [0.15, 0.2) is 5.76 Å². The van der Waals surface area contributed by atoms with Crippen molar-refractivity contribution in [1.29, 1.82) is 0 Å². The van der Waals surface area contributed by atoms with E-state index in [1.807, 2.05) is 24.3 Å². The summed E-state index contributed by atoms with van der Waals surface area (Å²) in [6.07, 6.45) is 0. The van der Waals surface area contributed by atoms with Crippen LogP contribution in [0.4, 0.5) is 0 Å². The third kappa shape index (κ3) is 2.23. The molecule has 0 saturated heterocycles. The molecule has 0 aliphatic carbocycles. The number of hydrogen-bond donors (Lipinski definition) is 0. The molecule has 0 fully saturated rings. The fourth-order valence-corrected chi connectivity index (χ4v) is 2.00. The molecule has 1 aromatic carbocycles. The van der Waals surface area contributed by atoms with Gasteiger partial charge in [-0.05, 0) is 34.1 Å². The molecule has 0 saturated carbocycles. The van der Waals surface area contributed by atoms with Crippen molar-refractivity contribution >= 4 is 27.5 Å². The molecule has 2 aromatic rings. The van der Waals surface area contributed by atoms with Crippen LogP contribution in [-0.4, -0.2) is 12.3 Å². The standard InChI is InChI=1S/C11H9BrClNO2/c1-15-10-3-2-7(4-9(10)12)11-5-8(6-13)14-16-11/h2-5H,6H2,1H3. The number of aromatic nitrogens is 1. The van der Waals surface area contributed by atoms with Crippen LogP contribution in [0, 0.1) is 0 Å². The Balaban J connectivity index is 2.37. The average Bonchev–Trinajstić information content (AvgIpc) is 2.77. The molecule has 5 heteroatoms. The SMILES string of the molecule is COc1ccc(-c2cc(CCl)no2)cc1Br. The Morgan fingerprint density at radius 3 is 2.81 bits per heavy atom. The van der Waals surface area contributed by atoms with Gasteiger partial charge in [-0.1, -0.05) is 5.16 Å². The first kappa shape index (κ1) is 11.5. The molecule has 16 heavy (non-hydrogen) atoms. The van der Waals surface area contributed by atoms with Crippen LogP contribution in [0.2, 0.25) is 0 Å². The summed E-state index contributed by atoms with van der Waals surface area (Å²) in [6.45, 7) is 0. The Labute approximate surface area is 106 Å². The van der Waals surface area contributed by atoms with E-state index in [2.05, 4.69) is 21.1 Å². The zero-order valence-electron chi connectivity index (χ0n) is 8.54. The van der Waals surface area contributed by atoms with E-state index in [9.17, 15) is 0 Å². The van der Waals surface area contributed by atoms with Crippen LogP contribution in [0.25, 0.3) is 11.3 Å². The lowest BCUT2D eigenvalue weighted by Gasteiger charge is -2.03. The van der Waals surface area contributed by atoms with Gasteiger partial charge in [0.05, 0.1) is 23.2 Å². The molecule has 0 atom stereocenters. The predicted octanol–water partition coefficient (Wildman–Crippen LogP) is 3.85. The van der Waals surface area contributed by atoms with Gasteiger partial charge in [-0.3, -0.25) is 0 Å². The van der Waals surface area contributed by atoms with E-state index < -0.39 is 0 Å². The highest BCUT2D eigenvalue weighted by molar-refractivity contribution is 9.10. The first-order valence-corrected chi connectivity index (χ1v) is 5.93. The maximum Gasteiger partial charge on any atom is 0.167 e. The van der Waals surface area contributed by atoms with Crippen molar-refractivity contribution < 1.29 is 9.26 Å². The molecular weight excluding hydrogens is 293 g/mol. The summed E-state index contributed by atoms with van der Waals surface area (Å²) in [5.41, 5.74) is 1.65. The third-order valence-electron chi connectivity index (χ3n) is 2.13. The molecular formula is C11H9BrClNO2. The molecule has 0 amide bonds. The topological polar surface area (TPSA) is 35.3 Å². The highest BCUT2D eigenvalue weighted by Crippen LogP contribution is 2.30. The second kappa shape index (κ2) is 4.89. The lowest BCUT2D eigenvalue weighted by molar-refractivity contribution is 0.411. The van der Waals surface area contributed by atoms with Gasteiger partial charge in [-0.2, -0.15) is 0 Å². The first-order chi connectivity index (χ1) is 7.74. The second-order valence-electron chi connectivity index (χ2n) is 3.17. The van der Waals surface area contributed by atoms with E-state index in [0.717, 1.165) is 21.5 Å². The average molecular weight is 303 g/mol. The van der Waals surface area contributed by atoms with Crippen LogP contribution in [-0.2, 0) is 5.88 Å². The quantitative estimate of drug-likeness (QED) is 0.808. The van der Waals surface area contributed by atoms with E-state index in [0.29, 0.717) is 11.6 Å². The molecule has 1 heterocycles. The highest BCUT2D eigenvalue weighted by Gasteiger charge is 2.08. The molecule has 0 aliphatic rings. The minimum atomic E-state index is 0.348. The summed E-state index contributed by atoms with van der Waals surface area (Å²) in [5.74, 6) is 1.82. The van der Waals surface area contributed by atoms with Gasteiger partial charge in [-0.25, -0.2) is 0 Å². The number of benzene rings is 1. The lowest BCUT2D eigenvalue weighted by Crippen LogP contribution is -1.84. The zero-order chi connectivity index (χ0) is 11.5. The van der Waals surface area contributed by atoms with E-state index in [1.165, 1.54) is 0 Å². The van der Waals surface area contributed by atoms with Gasteiger partial charge in [0.1, 0.15) is 5.75 Å². The summed E-state index contributed by atoms with van der Waals surface area (Å²) in [7, 11) is 1.62. The van der Waals surface area contributed by atoms with Crippen molar-refractivity contribution in [3.05, 3.63) is 34.4 Å². The van der Waals surface area contributed by atoms with Gasteiger partial charge >= 0.3 is 0 Å². The van der Waals surface area contributed by atoms with Gasteiger partial charge in [-0.15, -0.1) is 11.6 Å². The van der Waals surface area contributed by atoms with Crippen molar-refractivity contribution in [2.45, 2.75) is 5.88 Å². The summed E-state index contributed by atoms with van der Waals surface area (Å²) in [6, 6.07) is 7.50. The molecule has 0 unspecified atom stereocenters. The van der Waals surface area contributed by atoms with E-state index in [-0.39, 0.29) is 0 Å². The molecule has 0 radical (unpaired) electrons. The summed E-state index contributed by atoms with van der Waals surface area (Å²) in [4.78, 5) is 0.